The minimum Gasteiger partial charge on any atom is -0.362 e. The third-order valence-electron chi connectivity index (χ3n) is 6.93. The number of halogens is 4. The van der Waals surface area contributed by atoms with Crippen molar-refractivity contribution in [1.82, 2.24) is 15.6 Å². The number of barbiturate groups is 1. The summed E-state index contributed by atoms with van der Waals surface area (Å²) >= 11 is 1.35. The smallest absolute Gasteiger partial charge is 0.362 e. The van der Waals surface area contributed by atoms with Crippen molar-refractivity contribution in [1.29, 1.82) is 0 Å². The van der Waals surface area contributed by atoms with Gasteiger partial charge in [-0.25, -0.2) is 14.2 Å². The molecule has 37 heavy (non-hydrogen) atoms. The molecule has 3 atom stereocenters. The zero-order chi connectivity index (χ0) is 26.7. The van der Waals surface area contributed by atoms with E-state index in [0.29, 0.717) is 11.4 Å². The van der Waals surface area contributed by atoms with Crippen LogP contribution < -0.4 is 15.5 Å². The number of amides is 4. The number of anilines is 1. The van der Waals surface area contributed by atoms with E-state index in [2.05, 4.69) is 4.98 Å². The van der Waals surface area contributed by atoms with Crippen LogP contribution in [0.1, 0.15) is 34.3 Å². The number of thiazole rings is 1. The van der Waals surface area contributed by atoms with Crippen LogP contribution in [0.4, 0.5) is 28.0 Å². The lowest BCUT2D eigenvalue weighted by Gasteiger charge is -2.55. The zero-order valence-electron chi connectivity index (χ0n) is 19.2. The number of morpholine rings is 1. The number of aromatic nitrogens is 1. The van der Waals surface area contributed by atoms with E-state index in [0.717, 1.165) is 11.0 Å². The van der Waals surface area contributed by atoms with Crippen LogP contribution in [0.25, 0.3) is 0 Å². The quantitative estimate of drug-likeness (QED) is 0.348. The van der Waals surface area contributed by atoms with Gasteiger partial charge in [-0.3, -0.25) is 25.0 Å². The van der Waals surface area contributed by atoms with Crippen LogP contribution in [0.5, 0.6) is 0 Å². The van der Waals surface area contributed by atoms with Gasteiger partial charge in [0, 0.05) is 36.4 Å². The minimum absolute atomic E-state index is 0.000280. The Morgan fingerprint density at radius 2 is 1.95 bits per heavy atom. The van der Waals surface area contributed by atoms with E-state index in [-0.39, 0.29) is 23.2 Å². The fourth-order valence-corrected chi connectivity index (χ4v) is 6.03. The SMILES string of the molecule is C[C@@H]1O[C@H](C(F)(F)F)CN2c3c(F)cc(C(=O)CCc4nccs4)cc3CC3(C(=O)NC(=O)NC3=O)[C@@H]12. The molecule has 1 aromatic heterocycles. The molecule has 4 amide bonds. The highest BCUT2D eigenvalue weighted by Gasteiger charge is 2.65. The Balaban J connectivity index is 1.59. The Morgan fingerprint density at radius 3 is 2.57 bits per heavy atom. The summed E-state index contributed by atoms with van der Waals surface area (Å²) in [7, 11) is 0. The van der Waals surface area contributed by atoms with Crippen LogP contribution in [-0.2, 0) is 27.2 Å². The first-order valence-electron chi connectivity index (χ1n) is 11.3. The molecule has 2 fully saturated rings. The third kappa shape index (κ3) is 4.17. The molecule has 4 heterocycles. The predicted molar refractivity (Wildman–Crippen MR) is 121 cm³/mol. The van der Waals surface area contributed by atoms with Gasteiger partial charge in [-0.2, -0.15) is 13.2 Å². The Hall–Kier alpha value is -3.39. The molecule has 2 N–H and O–H groups in total. The third-order valence-corrected chi connectivity index (χ3v) is 7.77. The Bertz CT molecular complexity index is 1280. The number of hydrogen-bond donors (Lipinski definition) is 2. The molecule has 2 aromatic rings. The van der Waals surface area contributed by atoms with Gasteiger partial charge in [0.05, 0.1) is 29.4 Å². The summed E-state index contributed by atoms with van der Waals surface area (Å²) in [5.74, 6) is -3.48. The number of carbonyl (C=O) groups excluding carboxylic acids is 4. The number of ether oxygens (including phenoxy) is 1. The maximum Gasteiger partial charge on any atom is 0.416 e. The molecule has 0 aliphatic carbocycles. The lowest BCUT2D eigenvalue weighted by molar-refractivity contribution is -0.242. The average molecular weight is 540 g/mol. The largest absolute Gasteiger partial charge is 0.416 e. The summed E-state index contributed by atoms with van der Waals surface area (Å²) in [4.78, 5) is 56.1. The molecule has 1 aromatic carbocycles. The van der Waals surface area contributed by atoms with Crippen LogP contribution in [0.2, 0.25) is 0 Å². The number of alkyl halides is 3. The molecule has 9 nitrogen and oxygen atoms in total. The number of imide groups is 2. The molecule has 5 rings (SSSR count). The van der Waals surface area contributed by atoms with Crippen molar-refractivity contribution in [2.45, 2.75) is 50.6 Å². The predicted octanol–water partition coefficient (Wildman–Crippen LogP) is 2.53. The number of nitrogens with zero attached hydrogens (tertiary/aromatic N) is 2. The Morgan fingerprint density at radius 1 is 1.24 bits per heavy atom. The number of benzene rings is 1. The van der Waals surface area contributed by atoms with E-state index in [9.17, 15) is 32.3 Å². The molecular weight excluding hydrogens is 520 g/mol. The first-order valence-corrected chi connectivity index (χ1v) is 12.2. The second-order valence-corrected chi connectivity index (χ2v) is 10.1. The molecule has 1 spiro atoms. The highest BCUT2D eigenvalue weighted by Crippen LogP contribution is 2.49. The molecule has 0 radical (unpaired) electrons. The molecule has 3 aliphatic heterocycles. The number of hydrogen-bond acceptors (Lipinski definition) is 8. The monoisotopic (exact) mass is 540 g/mol. The number of Topliss-reactive ketones (excluding diaryl/α,β-unsaturated/α-hetero) is 1. The van der Waals surface area contributed by atoms with Crippen molar-refractivity contribution in [2.24, 2.45) is 5.41 Å². The minimum atomic E-state index is -4.81. The van der Waals surface area contributed by atoms with Crippen molar-refractivity contribution < 1.29 is 41.5 Å². The van der Waals surface area contributed by atoms with E-state index in [4.69, 9.17) is 4.74 Å². The molecular formula is C23H20F4N4O5S. The van der Waals surface area contributed by atoms with Gasteiger partial charge in [-0.05, 0) is 24.6 Å². The number of rotatable bonds is 4. The van der Waals surface area contributed by atoms with Crippen LogP contribution in [-0.4, -0.2) is 59.6 Å². The van der Waals surface area contributed by atoms with E-state index in [1.54, 1.807) is 11.6 Å². The van der Waals surface area contributed by atoms with Gasteiger partial charge in [0.1, 0.15) is 5.82 Å². The average Bonchev–Trinajstić information content (AvgIpc) is 3.33. The number of urea groups is 1. The molecule has 3 aliphatic rings. The van der Waals surface area contributed by atoms with Gasteiger partial charge in [0.25, 0.3) is 0 Å². The van der Waals surface area contributed by atoms with Crippen LogP contribution in [0, 0.1) is 11.2 Å². The van der Waals surface area contributed by atoms with Crippen LogP contribution in [0.15, 0.2) is 23.7 Å². The van der Waals surface area contributed by atoms with Gasteiger partial charge >= 0.3 is 12.2 Å². The number of nitrogens with one attached hydrogen (secondary N) is 2. The van der Waals surface area contributed by atoms with Crippen LogP contribution >= 0.6 is 11.3 Å². The van der Waals surface area contributed by atoms with Crippen molar-refractivity contribution in [2.75, 3.05) is 11.4 Å². The van der Waals surface area contributed by atoms with E-state index >= 15 is 4.39 Å². The highest BCUT2D eigenvalue weighted by atomic mass is 32.1. The summed E-state index contributed by atoms with van der Waals surface area (Å²) in [5, 5.41) is 6.46. The lowest BCUT2D eigenvalue weighted by atomic mass is 9.66. The normalized spacial score (nSPS) is 24.8. The van der Waals surface area contributed by atoms with E-state index in [1.165, 1.54) is 24.3 Å². The summed E-state index contributed by atoms with van der Waals surface area (Å²) in [6, 6.07) is -0.188. The fourth-order valence-electron chi connectivity index (χ4n) is 5.41. The van der Waals surface area contributed by atoms with Gasteiger partial charge in [0.2, 0.25) is 11.8 Å². The molecule has 0 unspecified atom stereocenters. The van der Waals surface area contributed by atoms with Crippen molar-refractivity contribution in [3.8, 4) is 0 Å². The van der Waals surface area contributed by atoms with E-state index < -0.39 is 72.3 Å². The number of fused-ring (bicyclic) bond motifs is 4. The first-order chi connectivity index (χ1) is 17.4. The summed E-state index contributed by atoms with van der Waals surface area (Å²) in [6.07, 6.45) is -7.04. The Kier molecular flexibility index (Phi) is 6.06. The van der Waals surface area contributed by atoms with Gasteiger partial charge < -0.3 is 9.64 Å². The summed E-state index contributed by atoms with van der Waals surface area (Å²) in [6.45, 7) is 0.365. The van der Waals surface area contributed by atoms with Gasteiger partial charge in [-0.1, -0.05) is 0 Å². The topological polar surface area (TPSA) is 118 Å². The standard InChI is InChI=1S/C23H20F4N4O5S/c1-10-18-22(19(33)29-21(35)30-20(22)34)8-12-6-11(14(32)2-3-16-28-4-5-37-16)7-13(24)17(12)31(18)9-15(36-10)23(25,26)27/h4-7,10,15,18H,2-3,8-9H2,1H3,(H2,29,30,33,34,35)/t10-,15-,18+/m0/s1. The van der Waals surface area contributed by atoms with Gasteiger partial charge in [-0.15, -0.1) is 11.3 Å². The second kappa shape index (κ2) is 8.87. The number of carbonyl (C=O) groups is 4. The highest BCUT2D eigenvalue weighted by molar-refractivity contribution is 7.09. The molecule has 196 valence electrons. The number of ketones is 1. The van der Waals surface area contributed by atoms with Crippen molar-refractivity contribution >= 4 is 40.7 Å². The van der Waals surface area contributed by atoms with E-state index in [1.807, 2.05) is 10.6 Å². The fraction of sp³-hybridized carbons (Fsp3) is 0.435. The second-order valence-electron chi connectivity index (χ2n) is 9.17. The summed E-state index contributed by atoms with van der Waals surface area (Å²) in [5.41, 5.74) is -2.40. The molecule has 2 saturated heterocycles. The maximum atomic E-state index is 15.6. The van der Waals surface area contributed by atoms with Gasteiger partial charge in [0.15, 0.2) is 17.3 Å². The first kappa shape index (κ1) is 25.3. The molecule has 0 bridgehead atoms. The van der Waals surface area contributed by atoms with Crippen molar-refractivity contribution in [3.63, 3.8) is 0 Å². The van der Waals surface area contributed by atoms with Crippen LogP contribution in [0.3, 0.4) is 0 Å². The summed E-state index contributed by atoms with van der Waals surface area (Å²) < 4.78 is 61.7. The number of aryl methyl sites for hydroxylation is 1. The lowest BCUT2D eigenvalue weighted by Crippen LogP contribution is -2.76. The molecule has 14 heteroatoms. The Labute approximate surface area is 211 Å². The van der Waals surface area contributed by atoms with Crippen molar-refractivity contribution in [3.05, 3.63) is 45.7 Å². The zero-order valence-corrected chi connectivity index (χ0v) is 20.0. The maximum absolute atomic E-state index is 15.6. The molecule has 0 saturated carbocycles.